The number of pyridine rings is 1. The fourth-order valence-electron chi connectivity index (χ4n) is 2.56. The van der Waals surface area contributed by atoms with E-state index in [2.05, 4.69) is 38.1 Å². The van der Waals surface area contributed by atoms with Crippen molar-refractivity contribution in [1.82, 2.24) is 25.1 Å². The van der Waals surface area contributed by atoms with Crippen LogP contribution in [0.3, 0.4) is 0 Å². The Bertz CT molecular complexity index is 997. The van der Waals surface area contributed by atoms with Crippen molar-refractivity contribution < 1.29 is 9.90 Å². The van der Waals surface area contributed by atoms with Gasteiger partial charge in [-0.3, -0.25) is 5.10 Å². The number of aromatic amines is 2. The molecule has 3 aromatic rings. The lowest BCUT2D eigenvalue weighted by molar-refractivity contribution is 0.0690. The van der Waals surface area contributed by atoms with Gasteiger partial charge in [-0.15, -0.1) is 0 Å². The van der Waals surface area contributed by atoms with Crippen LogP contribution in [0.2, 0.25) is 0 Å². The van der Waals surface area contributed by atoms with Gasteiger partial charge in [-0.05, 0) is 12.5 Å². The molecule has 9 heteroatoms. The number of nitrogen functional groups attached to an aromatic ring is 1. The van der Waals surface area contributed by atoms with Gasteiger partial charge in [0.05, 0.1) is 17.6 Å². The number of hydrogen-bond donors (Lipinski definition) is 4. The monoisotopic (exact) mass is 351 g/mol. The number of aryl methyl sites for hydroxylation is 1. The van der Waals surface area contributed by atoms with Crippen LogP contribution in [-0.4, -0.2) is 36.2 Å². The Labute approximate surface area is 148 Å². The summed E-state index contributed by atoms with van der Waals surface area (Å²) in [6.45, 7) is 2.10. The highest BCUT2D eigenvalue weighted by atomic mass is 16.4. The van der Waals surface area contributed by atoms with Gasteiger partial charge in [0.1, 0.15) is 34.7 Å². The van der Waals surface area contributed by atoms with Gasteiger partial charge in [-0.25, -0.2) is 14.8 Å². The normalized spacial score (nSPS) is 10.6. The molecule has 0 atom stereocenters. The molecular formula is C17H17N7O2. The first-order valence-electron chi connectivity index (χ1n) is 8.07. The lowest BCUT2D eigenvalue weighted by Gasteiger charge is -2.07. The fraction of sp³-hybridized carbons (Fsp3) is 0.235. The summed E-state index contributed by atoms with van der Waals surface area (Å²) < 4.78 is 0. The molecule has 9 nitrogen and oxygen atoms in total. The second-order valence-corrected chi connectivity index (χ2v) is 5.75. The summed E-state index contributed by atoms with van der Waals surface area (Å²) >= 11 is 0. The molecule has 0 aliphatic heterocycles. The largest absolute Gasteiger partial charge is 0.477 e. The maximum Gasteiger partial charge on any atom is 0.353 e. The SMILES string of the molecule is CCCCc1ncc(-c2cc(-c3cc(C(=O)O)[nH]n3)nc(N)c2C#N)[nH]1. The second-order valence-electron chi connectivity index (χ2n) is 5.75. The molecular weight excluding hydrogens is 334 g/mol. The van der Waals surface area contributed by atoms with Crippen LogP contribution in [0.1, 0.15) is 41.6 Å². The minimum absolute atomic E-state index is 0.0459. The average Bonchev–Trinajstić information content (AvgIpc) is 3.29. The molecule has 0 bridgehead atoms. The van der Waals surface area contributed by atoms with Crippen molar-refractivity contribution in [2.45, 2.75) is 26.2 Å². The van der Waals surface area contributed by atoms with E-state index in [9.17, 15) is 10.1 Å². The van der Waals surface area contributed by atoms with Crippen LogP contribution >= 0.6 is 0 Å². The summed E-state index contributed by atoms with van der Waals surface area (Å²) in [4.78, 5) is 22.7. The molecule has 3 aromatic heterocycles. The molecule has 0 aliphatic rings. The van der Waals surface area contributed by atoms with Crippen LogP contribution < -0.4 is 5.73 Å². The minimum atomic E-state index is -1.13. The first-order valence-corrected chi connectivity index (χ1v) is 8.07. The van der Waals surface area contributed by atoms with E-state index in [1.807, 2.05) is 0 Å². The minimum Gasteiger partial charge on any atom is -0.477 e. The zero-order chi connectivity index (χ0) is 18.7. The average molecular weight is 351 g/mol. The first-order chi connectivity index (χ1) is 12.5. The number of carbonyl (C=O) groups is 1. The Hall–Kier alpha value is -3.67. The summed E-state index contributed by atoms with van der Waals surface area (Å²) in [5, 5.41) is 24.8. The smallest absolute Gasteiger partial charge is 0.353 e. The van der Waals surface area contributed by atoms with Crippen LogP contribution in [0.5, 0.6) is 0 Å². The number of H-pyrrole nitrogens is 2. The molecule has 5 N–H and O–H groups in total. The zero-order valence-electron chi connectivity index (χ0n) is 14.1. The van der Waals surface area contributed by atoms with Gasteiger partial charge in [-0.1, -0.05) is 13.3 Å². The van der Waals surface area contributed by atoms with Crippen molar-refractivity contribution in [3.05, 3.63) is 35.4 Å². The molecule has 0 radical (unpaired) electrons. The highest BCUT2D eigenvalue weighted by Crippen LogP contribution is 2.30. The number of nitriles is 1. The first kappa shape index (κ1) is 17.2. The van der Waals surface area contributed by atoms with Crippen LogP contribution in [0.4, 0.5) is 5.82 Å². The maximum atomic E-state index is 11.0. The molecule has 0 fully saturated rings. The number of aromatic nitrogens is 5. The van der Waals surface area contributed by atoms with Crippen LogP contribution in [0, 0.1) is 11.3 Å². The fourth-order valence-corrected chi connectivity index (χ4v) is 2.56. The molecule has 0 aromatic carbocycles. The molecule has 0 spiro atoms. The highest BCUT2D eigenvalue weighted by Gasteiger charge is 2.17. The summed E-state index contributed by atoms with van der Waals surface area (Å²) in [6.07, 6.45) is 4.52. The molecule has 132 valence electrons. The van der Waals surface area contributed by atoms with Gasteiger partial charge in [0.15, 0.2) is 0 Å². The van der Waals surface area contributed by atoms with E-state index in [-0.39, 0.29) is 17.1 Å². The van der Waals surface area contributed by atoms with Gasteiger partial charge in [-0.2, -0.15) is 10.4 Å². The topological polar surface area (TPSA) is 157 Å². The number of carboxylic acids is 1. The van der Waals surface area contributed by atoms with Crippen molar-refractivity contribution in [2.24, 2.45) is 0 Å². The summed E-state index contributed by atoms with van der Waals surface area (Å²) in [7, 11) is 0. The Morgan fingerprint density at radius 3 is 2.85 bits per heavy atom. The van der Waals surface area contributed by atoms with Crippen LogP contribution in [0.25, 0.3) is 22.6 Å². The van der Waals surface area contributed by atoms with E-state index in [4.69, 9.17) is 10.8 Å². The quantitative estimate of drug-likeness (QED) is 0.530. The van der Waals surface area contributed by atoms with Crippen LogP contribution in [0.15, 0.2) is 18.3 Å². The van der Waals surface area contributed by atoms with Crippen molar-refractivity contribution >= 4 is 11.8 Å². The van der Waals surface area contributed by atoms with Crippen molar-refractivity contribution in [3.63, 3.8) is 0 Å². The third kappa shape index (κ3) is 3.25. The van der Waals surface area contributed by atoms with Crippen molar-refractivity contribution in [1.29, 1.82) is 5.26 Å². The van der Waals surface area contributed by atoms with Gasteiger partial charge in [0.2, 0.25) is 0 Å². The van der Waals surface area contributed by atoms with E-state index in [1.165, 1.54) is 6.07 Å². The predicted molar refractivity (Wildman–Crippen MR) is 94.1 cm³/mol. The predicted octanol–water partition coefficient (Wildman–Crippen LogP) is 2.36. The Balaban J connectivity index is 2.06. The number of aromatic carboxylic acids is 1. The molecule has 0 unspecified atom stereocenters. The Morgan fingerprint density at radius 1 is 1.38 bits per heavy atom. The summed E-state index contributed by atoms with van der Waals surface area (Å²) in [5.74, 6) is -0.250. The van der Waals surface area contributed by atoms with E-state index in [0.717, 1.165) is 25.1 Å². The highest BCUT2D eigenvalue weighted by molar-refractivity contribution is 5.87. The molecule has 3 heterocycles. The standard InChI is InChI=1S/C17H17N7O2/c1-2-3-4-15-20-8-14(21-15)9-5-11(22-16(19)10(9)7-18)12-6-13(17(25)26)24-23-12/h5-6,8H,2-4H2,1H3,(H2,19,22)(H,20,21)(H,23,24)(H,25,26). The van der Waals surface area contributed by atoms with Crippen molar-refractivity contribution in [3.8, 4) is 28.7 Å². The van der Waals surface area contributed by atoms with Gasteiger partial charge in [0.25, 0.3) is 0 Å². The summed E-state index contributed by atoms with van der Waals surface area (Å²) in [6, 6.07) is 5.07. The third-order valence-electron chi connectivity index (χ3n) is 3.92. The number of hydrogen-bond acceptors (Lipinski definition) is 6. The van der Waals surface area contributed by atoms with E-state index >= 15 is 0 Å². The number of imidazole rings is 1. The van der Waals surface area contributed by atoms with Gasteiger partial charge < -0.3 is 15.8 Å². The molecule has 0 amide bonds. The number of rotatable bonds is 6. The molecule has 0 saturated carbocycles. The number of unbranched alkanes of at least 4 members (excludes halogenated alkanes) is 1. The Kier molecular flexibility index (Phi) is 4.66. The maximum absolute atomic E-state index is 11.0. The number of nitrogens with one attached hydrogen (secondary N) is 2. The molecule has 0 aliphatic carbocycles. The Morgan fingerprint density at radius 2 is 2.19 bits per heavy atom. The number of nitrogens with zero attached hydrogens (tertiary/aromatic N) is 4. The third-order valence-corrected chi connectivity index (χ3v) is 3.92. The van der Waals surface area contributed by atoms with Crippen molar-refractivity contribution in [2.75, 3.05) is 5.73 Å². The lowest BCUT2D eigenvalue weighted by Crippen LogP contribution is -2.00. The van der Waals surface area contributed by atoms with Crippen LogP contribution in [-0.2, 0) is 6.42 Å². The lowest BCUT2D eigenvalue weighted by atomic mass is 10.0. The molecule has 26 heavy (non-hydrogen) atoms. The van der Waals surface area contributed by atoms with Gasteiger partial charge >= 0.3 is 5.97 Å². The van der Waals surface area contributed by atoms with E-state index in [0.29, 0.717) is 22.6 Å². The van der Waals surface area contributed by atoms with E-state index < -0.39 is 5.97 Å². The van der Waals surface area contributed by atoms with E-state index in [1.54, 1.807) is 12.3 Å². The summed E-state index contributed by atoms with van der Waals surface area (Å²) in [5.41, 5.74) is 8.00. The molecule has 3 rings (SSSR count). The zero-order valence-corrected chi connectivity index (χ0v) is 14.1. The second kappa shape index (κ2) is 7.06. The number of nitrogens with two attached hydrogens (primary N) is 1. The van der Waals surface area contributed by atoms with Gasteiger partial charge in [0, 0.05) is 18.1 Å². The number of carboxylic acid groups (broad SMARTS) is 1. The molecule has 0 saturated heterocycles. The number of anilines is 1.